The van der Waals surface area contributed by atoms with E-state index in [0.29, 0.717) is 0 Å². The normalized spacial score (nSPS) is 14.2. The zero-order chi connectivity index (χ0) is 12.3. The van der Waals surface area contributed by atoms with Crippen LogP contribution in [0, 0.1) is 10.1 Å². The molecule has 16 heavy (non-hydrogen) atoms. The van der Waals surface area contributed by atoms with E-state index in [4.69, 9.17) is 10.5 Å². The molecule has 1 rings (SSSR count). The highest BCUT2D eigenvalue weighted by Crippen LogP contribution is 2.31. The molecule has 1 aromatic carbocycles. The maximum Gasteiger partial charge on any atom is 0.310 e. The number of methoxy groups -OCH3 is 1. The molecule has 88 valence electrons. The van der Waals surface area contributed by atoms with Crippen LogP contribution in [-0.2, 0) is 0 Å². The average molecular weight is 224 g/mol. The van der Waals surface area contributed by atoms with Crippen molar-refractivity contribution >= 4 is 5.69 Å². The van der Waals surface area contributed by atoms with Crippen LogP contribution in [0.15, 0.2) is 18.2 Å². The highest BCUT2D eigenvalue weighted by molar-refractivity contribution is 5.49. The van der Waals surface area contributed by atoms with Crippen LogP contribution >= 0.6 is 0 Å². The summed E-state index contributed by atoms with van der Waals surface area (Å²) in [6.07, 6.45) is 0. The quantitative estimate of drug-likeness (QED) is 0.627. The zero-order valence-electron chi connectivity index (χ0n) is 9.64. The summed E-state index contributed by atoms with van der Waals surface area (Å²) < 4.78 is 4.99. The van der Waals surface area contributed by atoms with Gasteiger partial charge in [0, 0.05) is 12.1 Å². The standard InChI is InChI=1S/C11H16N2O3/c1-7(8(2)12)9-4-5-10(13(14)15)11(6-9)16-3/h4-8H,12H2,1-3H3. The minimum Gasteiger partial charge on any atom is -0.490 e. The monoisotopic (exact) mass is 224 g/mol. The molecule has 0 aliphatic heterocycles. The average Bonchev–Trinajstić information content (AvgIpc) is 2.26. The fraction of sp³-hybridized carbons (Fsp3) is 0.455. The molecule has 0 radical (unpaired) electrons. The van der Waals surface area contributed by atoms with Gasteiger partial charge in [0.05, 0.1) is 12.0 Å². The molecule has 0 aromatic heterocycles. The molecule has 5 nitrogen and oxygen atoms in total. The summed E-state index contributed by atoms with van der Waals surface area (Å²) in [4.78, 5) is 10.2. The molecule has 0 fully saturated rings. The van der Waals surface area contributed by atoms with Crippen molar-refractivity contribution in [2.24, 2.45) is 5.73 Å². The van der Waals surface area contributed by atoms with E-state index >= 15 is 0 Å². The van der Waals surface area contributed by atoms with Crippen molar-refractivity contribution in [1.82, 2.24) is 0 Å². The Kier molecular flexibility index (Phi) is 3.84. The number of nitro benzene ring substituents is 1. The Morgan fingerprint density at radius 1 is 1.44 bits per heavy atom. The Morgan fingerprint density at radius 2 is 2.06 bits per heavy atom. The maximum absolute atomic E-state index is 10.7. The van der Waals surface area contributed by atoms with Gasteiger partial charge < -0.3 is 10.5 Å². The Balaban J connectivity index is 3.13. The lowest BCUT2D eigenvalue weighted by molar-refractivity contribution is -0.385. The van der Waals surface area contributed by atoms with Crippen molar-refractivity contribution in [2.45, 2.75) is 25.8 Å². The molecule has 1 aromatic rings. The number of hydrogen-bond acceptors (Lipinski definition) is 4. The van der Waals surface area contributed by atoms with Gasteiger partial charge in [-0.1, -0.05) is 13.0 Å². The van der Waals surface area contributed by atoms with Crippen molar-refractivity contribution < 1.29 is 9.66 Å². The van der Waals surface area contributed by atoms with Crippen LogP contribution in [-0.4, -0.2) is 18.1 Å². The summed E-state index contributed by atoms with van der Waals surface area (Å²) in [7, 11) is 1.42. The molecule has 0 aliphatic carbocycles. The fourth-order valence-electron chi connectivity index (χ4n) is 1.43. The highest BCUT2D eigenvalue weighted by Gasteiger charge is 2.18. The first-order chi connectivity index (χ1) is 7.47. The van der Waals surface area contributed by atoms with Gasteiger partial charge in [0.2, 0.25) is 0 Å². The highest BCUT2D eigenvalue weighted by atomic mass is 16.6. The second-order valence-corrected chi connectivity index (χ2v) is 3.84. The SMILES string of the molecule is COc1cc(C(C)C(C)N)ccc1[N+](=O)[O-]. The molecule has 0 spiro atoms. The van der Waals surface area contributed by atoms with Crippen molar-refractivity contribution in [3.8, 4) is 5.75 Å². The molecule has 0 bridgehead atoms. The molecular weight excluding hydrogens is 208 g/mol. The molecule has 2 unspecified atom stereocenters. The van der Waals surface area contributed by atoms with E-state index in [1.807, 2.05) is 13.8 Å². The summed E-state index contributed by atoms with van der Waals surface area (Å²) in [6, 6.07) is 4.83. The minimum absolute atomic E-state index is 0.00818. The smallest absolute Gasteiger partial charge is 0.310 e. The lowest BCUT2D eigenvalue weighted by atomic mass is 9.94. The van der Waals surface area contributed by atoms with Gasteiger partial charge in [0.1, 0.15) is 0 Å². The second-order valence-electron chi connectivity index (χ2n) is 3.84. The zero-order valence-corrected chi connectivity index (χ0v) is 9.64. The Labute approximate surface area is 94.4 Å². The third kappa shape index (κ3) is 2.49. The fourth-order valence-corrected chi connectivity index (χ4v) is 1.43. The van der Waals surface area contributed by atoms with E-state index in [-0.39, 0.29) is 23.4 Å². The van der Waals surface area contributed by atoms with E-state index in [1.165, 1.54) is 13.2 Å². The molecule has 0 saturated heterocycles. The molecule has 2 N–H and O–H groups in total. The number of ether oxygens (including phenoxy) is 1. The van der Waals surface area contributed by atoms with Crippen LogP contribution in [0.5, 0.6) is 5.75 Å². The Hall–Kier alpha value is -1.62. The van der Waals surface area contributed by atoms with Crippen molar-refractivity contribution in [2.75, 3.05) is 7.11 Å². The first-order valence-corrected chi connectivity index (χ1v) is 5.05. The Bertz CT molecular complexity index is 391. The molecule has 0 amide bonds. The van der Waals surface area contributed by atoms with Gasteiger partial charge >= 0.3 is 5.69 Å². The maximum atomic E-state index is 10.7. The molecule has 2 atom stereocenters. The topological polar surface area (TPSA) is 78.4 Å². The number of nitrogens with two attached hydrogens (primary N) is 1. The van der Waals surface area contributed by atoms with Crippen LogP contribution in [0.2, 0.25) is 0 Å². The van der Waals surface area contributed by atoms with Crippen LogP contribution in [0.25, 0.3) is 0 Å². The number of nitrogens with zero attached hydrogens (tertiary/aromatic N) is 1. The van der Waals surface area contributed by atoms with Crippen LogP contribution < -0.4 is 10.5 Å². The van der Waals surface area contributed by atoms with Gasteiger partial charge in [-0.2, -0.15) is 0 Å². The number of hydrogen-bond donors (Lipinski definition) is 1. The van der Waals surface area contributed by atoms with E-state index < -0.39 is 4.92 Å². The molecular formula is C11H16N2O3. The molecule has 0 aliphatic rings. The number of benzene rings is 1. The van der Waals surface area contributed by atoms with Gasteiger partial charge in [-0.15, -0.1) is 0 Å². The lowest BCUT2D eigenvalue weighted by Crippen LogP contribution is -2.22. The van der Waals surface area contributed by atoms with Crippen LogP contribution in [0.1, 0.15) is 25.3 Å². The van der Waals surface area contributed by atoms with Crippen molar-refractivity contribution in [3.63, 3.8) is 0 Å². The van der Waals surface area contributed by atoms with Crippen LogP contribution in [0.3, 0.4) is 0 Å². The number of nitro groups is 1. The van der Waals surface area contributed by atoms with Gasteiger partial charge in [0.15, 0.2) is 5.75 Å². The summed E-state index contributed by atoms with van der Waals surface area (Å²) >= 11 is 0. The lowest BCUT2D eigenvalue weighted by Gasteiger charge is -2.16. The van der Waals surface area contributed by atoms with Gasteiger partial charge in [0.25, 0.3) is 0 Å². The summed E-state index contributed by atoms with van der Waals surface area (Å²) in [5.74, 6) is 0.407. The summed E-state index contributed by atoms with van der Waals surface area (Å²) in [5.41, 5.74) is 6.70. The predicted octanol–water partition coefficient (Wildman–Crippen LogP) is 2.05. The first kappa shape index (κ1) is 12.4. The van der Waals surface area contributed by atoms with Gasteiger partial charge in [-0.3, -0.25) is 10.1 Å². The Morgan fingerprint density at radius 3 is 2.50 bits per heavy atom. The van der Waals surface area contributed by atoms with Gasteiger partial charge in [-0.05, 0) is 24.5 Å². The minimum atomic E-state index is -0.459. The molecule has 0 saturated carbocycles. The predicted molar refractivity (Wildman–Crippen MR) is 61.7 cm³/mol. The van der Waals surface area contributed by atoms with E-state index in [1.54, 1.807) is 12.1 Å². The van der Waals surface area contributed by atoms with Crippen LogP contribution in [0.4, 0.5) is 5.69 Å². The second kappa shape index (κ2) is 4.94. The summed E-state index contributed by atoms with van der Waals surface area (Å²) in [5, 5.41) is 10.7. The summed E-state index contributed by atoms with van der Waals surface area (Å²) in [6.45, 7) is 3.88. The number of rotatable bonds is 4. The van der Waals surface area contributed by atoms with Crippen molar-refractivity contribution in [3.05, 3.63) is 33.9 Å². The first-order valence-electron chi connectivity index (χ1n) is 5.05. The molecule has 0 heterocycles. The largest absolute Gasteiger partial charge is 0.490 e. The van der Waals surface area contributed by atoms with Crippen molar-refractivity contribution in [1.29, 1.82) is 0 Å². The van der Waals surface area contributed by atoms with E-state index in [0.717, 1.165) is 5.56 Å². The van der Waals surface area contributed by atoms with E-state index in [9.17, 15) is 10.1 Å². The third-order valence-corrected chi connectivity index (χ3v) is 2.71. The van der Waals surface area contributed by atoms with E-state index in [2.05, 4.69) is 0 Å². The third-order valence-electron chi connectivity index (χ3n) is 2.71. The molecule has 5 heteroatoms. The van der Waals surface area contributed by atoms with Gasteiger partial charge in [-0.25, -0.2) is 0 Å².